The van der Waals surface area contributed by atoms with Crippen molar-refractivity contribution in [3.05, 3.63) is 256 Å². The molecule has 16 nitrogen and oxygen atoms in total. The van der Waals surface area contributed by atoms with E-state index in [0.29, 0.717) is 41.4 Å². The Hall–Kier alpha value is -9.77. The minimum absolute atomic E-state index is 0.0685. The zero-order chi connectivity index (χ0) is 78.8. The van der Waals surface area contributed by atoms with E-state index in [1.165, 1.54) is 59.8 Å². The molecule has 1 N–H and O–H groups in total. The Morgan fingerprint density at radius 2 is 0.782 bits per heavy atom. The summed E-state index contributed by atoms with van der Waals surface area (Å²) in [7, 11) is 0. The van der Waals surface area contributed by atoms with E-state index in [2.05, 4.69) is 290 Å². The Balaban J connectivity index is 0.000000132. The molecule has 0 amide bonds. The Morgan fingerprint density at radius 3 is 1.25 bits per heavy atom. The van der Waals surface area contributed by atoms with Gasteiger partial charge in [-0.05, 0) is 102 Å². The summed E-state index contributed by atoms with van der Waals surface area (Å²) < 4.78 is 10.3. The maximum absolute atomic E-state index is 4.64. The van der Waals surface area contributed by atoms with Gasteiger partial charge in [0.15, 0.2) is 5.65 Å². The smallest absolute Gasteiger partial charge is 0.170 e. The minimum atomic E-state index is 0.0685. The second kappa shape index (κ2) is 38.2. The molecule has 3 aromatic carbocycles. The van der Waals surface area contributed by atoms with Crippen molar-refractivity contribution in [2.24, 2.45) is 10.4 Å². The number of hydrogen-bond donors (Lipinski definition) is 1. The van der Waals surface area contributed by atoms with Crippen LogP contribution in [0, 0.1) is 5.41 Å². The molecule has 0 unspecified atom stereocenters. The van der Waals surface area contributed by atoms with Crippen LogP contribution in [0.5, 0.6) is 0 Å². The number of benzene rings is 3. The molecular weight excluding hydrogens is 1450 g/mol. The first-order valence-electron chi connectivity index (χ1n) is 37.7. The summed E-state index contributed by atoms with van der Waals surface area (Å²) >= 11 is 8.81. The molecule has 0 saturated heterocycles. The standard InChI is InChI=1S/C12H15N.C10H13N3.2C10H12N2.2C10H11NS.3C9H10N2S/c1-12(2,3)11-8-9-6-4-5-7-10(9)13-11;1-10(2,3)9-12-7-4-5-11-6-8(7)13-9;2*1-8(2)9-7-12-6-4-3-5-10(12)11-9;2*1-7(2)10-11-8-5-3-4-6-9(8)12-10;1-6(2)9-11-7-5-10-4-3-8(7)12-9;1-6(2)9-11-7-3-4-10-5-8(7)12-9;1-6(2)9-11-8-7(12-9)4-3-5-10-8/h4-7H,8H2,1-3H3;4-6H,1-3H3,(H,12,13);2*3-8H,1-2H3;2*3-7H,1-2H3;3*3-6H,1-2H3. The Morgan fingerprint density at radius 1 is 0.355 bits per heavy atom. The van der Waals surface area contributed by atoms with E-state index in [9.17, 15) is 0 Å². The van der Waals surface area contributed by atoms with Crippen LogP contribution in [-0.2, 0) is 11.8 Å². The van der Waals surface area contributed by atoms with Crippen LogP contribution in [0.2, 0.25) is 0 Å². The zero-order valence-electron chi connectivity index (χ0n) is 67.1. The van der Waals surface area contributed by atoms with E-state index < -0.39 is 0 Å². The minimum Gasteiger partial charge on any atom is -0.340 e. The lowest BCUT2D eigenvalue weighted by Crippen LogP contribution is -2.19. The van der Waals surface area contributed by atoms with Gasteiger partial charge in [0.05, 0.1) is 111 Å². The van der Waals surface area contributed by atoms with Gasteiger partial charge in [0, 0.05) is 108 Å². The molecule has 18 rings (SSSR count). The molecule has 14 aromatic heterocycles. The molecule has 0 atom stereocenters. The topological polar surface area (TPSA) is 192 Å². The number of H-pyrrole nitrogens is 1. The summed E-state index contributed by atoms with van der Waals surface area (Å²) in [4.78, 5) is 60.1. The number of aliphatic imine (C=N–C) groups is 1. The SMILES string of the molecule is CC(C)(C)C1=Nc2ccccc2C1.CC(C)(C)c1nc2ccncc2[nH]1.CC(C)c1cn2ccccc2n1.CC(C)c1cn2ccccc2n1.CC(C)c1nc2ccccc2s1.CC(C)c1nc2ccccc2s1.CC(C)c1nc2ccncc2s1.CC(C)c1nc2cnccc2s1.CC(C)c1nc2ncccc2s1. The number of thiazole rings is 5. The van der Waals surface area contributed by atoms with Gasteiger partial charge in [0.25, 0.3) is 0 Å². The monoisotopic (exact) mass is 1560 g/mol. The lowest BCUT2D eigenvalue weighted by Gasteiger charge is -2.17. The van der Waals surface area contributed by atoms with Crippen LogP contribution < -0.4 is 0 Å². The quantitative estimate of drug-likeness (QED) is 0.159. The highest BCUT2D eigenvalue weighted by atomic mass is 32.1. The van der Waals surface area contributed by atoms with Gasteiger partial charge < -0.3 is 13.8 Å². The van der Waals surface area contributed by atoms with E-state index in [1.54, 1.807) is 81.5 Å². The summed E-state index contributed by atoms with van der Waals surface area (Å²) in [5, 5.41) is 6.02. The predicted octanol–water partition coefficient (Wildman–Crippen LogP) is 25.8. The maximum atomic E-state index is 4.64. The molecule has 0 saturated carbocycles. The highest BCUT2D eigenvalue weighted by molar-refractivity contribution is 7.20. The van der Waals surface area contributed by atoms with Crippen LogP contribution in [0.4, 0.5) is 5.69 Å². The van der Waals surface area contributed by atoms with Crippen LogP contribution in [0.15, 0.2) is 213 Å². The molecule has 15 heterocycles. The van der Waals surface area contributed by atoms with Gasteiger partial charge in [-0.2, -0.15) is 0 Å². The number of hydrogen-bond acceptors (Lipinski definition) is 18. The average Bonchev–Trinajstić information content (AvgIpc) is 1.75. The normalized spacial score (nSPS) is 11.9. The van der Waals surface area contributed by atoms with Crippen molar-refractivity contribution in [2.75, 3.05) is 0 Å². The first kappa shape index (κ1) is 82.7. The molecule has 17 aromatic rings. The lowest BCUT2D eigenvalue weighted by molar-refractivity contribution is 0.554. The molecule has 0 bridgehead atoms. The summed E-state index contributed by atoms with van der Waals surface area (Å²) in [6, 6.07) is 46.9. The van der Waals surface area contributed by atoms with E-state index in [4.69, 9.17) is 0 Å². The number of para-hydroxylation sites is 3. The molecular formula is C89H104N16S5. The number of aromatic amines is 1. The largest absolute Gasteiger partial charge is 0.340 e. The maximum Gasteiger partial charge on any atom is 0.170 e. The first-order valence-corrected chi connectivity index (χ1v) is 41.8. The predicted molar refractivity (Wildman–Crippen MR) is 470 cm³/mol. The number of rotatable bonds is 7. The molecule has 0 radical (unpaired) electrons. The average molecular weight is 1560 g/mol. The van der Waals surface area contributed by atoms with E-state index >= 15 is 0 Å². The van der Waals surface area contributed by atoms with Crippen molar-refractivity contribution in [3.8, 4) is 0 Å². The molecule has 110 heavy (non-hydrogen) atoms. The number of fused-ring (bicyclic) bond motifs is 9. The third-order valence-electron chi connectivity index (χ3n) is 17.1. The number of imidazole rings is 3. The summed E-state index contributed by atoms with van der Waals surface area (Å²) in [5.41, 5.74) is 15.7. The highest BCUT2D eigenvalue weighted by Crippen LogP contribution is 2.34. The number of aromatic nitrogens is 15. The highest BCUT2D eigenvalue weighted by Gasteiger charge is 2.25. The van der Waals surface area contributed by atoms with E-state index in [1.807, 2.05) is 110 Å². The van der Waals surface area contributed by atoms with Crippen molar-refractivity contribution < 1.29 is 0 Å². The van der Waals surface area contributed by atoms with E-state index in [-0.39, 0.29) is 10.8 Å². The summed E-state index contributed by atoms with van der Waals surface area (Å²) in [6.07, 6.45) is 21.9. The Labute approximate surface area is 668 Å². The van der Waals surface area contributed by atoms with Gasteiger partial charge in [0.1, 0.15) is 17.1 Å². The number of nitrogens with zero attached hydrogens (tertiary/aromatic N) is 15. The zero-order valence-corrected chi connectivity index (χ0v) is 71.2. The fourth-order valence-corrected chi connectivity index (χ4v) is 15.4. The van der Waals surface area contributed by atoms with Crippen molar-refractivity contribution in [1.82, 2.24) is 73.6 Å². The van der Waals surface area contributed by atoms with Crippen molar-refractivity contribution in [2.45, 2.75) is 192 Å². The molecule has 1 aliphatic heterocycles. The molecule has 0 aliphatic carbocycles. The molecule has 0 fully saturated rings. The van der Waals surface area contributed by atoms with Crippen molar-refractivity contribution in [1.29, 1.82) is 0 Å². The van der Waals surface area contributed by atoms with Crippen LogP contribution in [0.25, 0.3) is 73.5 Å². The van der Waals surface area contributed by atoms with Crippen molar-refractivity contribution >= 4 is 142 Å². The molecule has 1 aliphatic rings. The molecule has 21 heteroatoms. The molecule has 0 spiro atoms. The van der Waals surface area contributed by atoms with Gasteiger partial charge in [-0.15, -0.1) is 56.7 Å². The Kier molecular flexibility index (Phi) is 28.8. The second-order valence-electron chi connectivity index (χ2n) is 30.9. The van der Waals surface area contributed by atoms with Crippen LogP contribution >= 0.6 is 56.7 Å². The second-order valence-corrected chi connectivity index (χ2v) is 36.2. The first-order chi connectivity index (χ1) is 52.5. The van der Waals surface area contributed by atoms with E-state index in [0.717, 1.165) is 79.4 Å². The lowest BCUT2D eigenvalue weighted by atomic mass is 9.87. The fourth-order valence-electron chi connectivity index (χ4n) is 10.6. The number of nitrogens with one attached hydrogen (secondary N) is 1. The fraction of sp³-hybridized carbons (Fsp3) is 0.337. The van der Waals surface area contributed by atoms with Crippen LogP contribution in [0.3, 0.4) is 0 Å². The van der Waals surface area contributed by atoms with Gasteiger partial charge in [-0.1, -0.05) is 193 Å². The third-order valence-corrected chi connectivity index (χ3v) is 23.7. The van der Waals surface area contributed by atoms with Crippen LogP contribution in [0.1, 0.15) is 228 Å². The van der Waals surface area contributed by atoms with Gasteiger partial charge in [-0.3, -0.25) is 19.9 Å². The van der Waals surface area contributed by atoms with Gasteiger partial charge >= 0.3 is 0 Å². The summed E-state index contributed by atoms with van der Waals surface area (Å²) in [5.74, 6) is 4.64. The van der Waals surface area contributed by atoms with Crippen molar-refractivity contribution in [3.63, 3.8) is 0 Å². The third kappa shape index (κ3) is 22.9. The van der Waals surface area contributed by atoms with Crippen LogP contribution in [-0.4, -0.2) is 79.3 Å². The molecule has 570 valence electrons. The van der Waals surface area contributed by atoms with Gasteiger partial charge in [0.2, 0.25) is 0 Å². The Bertz CT molecular complexity index is 4710. The van der Waals surface area contributed by atoms with Gasteiger partial charge in [-0.25, -0.2) is 44.9 Å². The number of pyridine rings is 6. The summed E-state index contributed by atoms with van der Waals surface area (Å²) in [6.45, 7) is 43.3.